The van der Waals surface area contributed by atoms with Crippen molar-refractivity contribution in [1.82, 2.24) is 14.5 Å². The Hall–Kier alpha value is -1.66. The van der Waals surface area contributed by atoms with Crippen molar-refractivity contribution in [3.63, 3.8) is 0 Å². The van der Waals surface area contributed by atoms with Crippen LogP contribution < -0.4 is 5.73 Å². The predicted octanol–water partition coefficient (Wildman–Crippen LogP) is 3.40. The van der Waals surface area contributed by atoms with Gasteiger partial charge in [-0.25, -0.2) is 4.98 Å². The lowest BCUT2D eigenvalue weighted by atomic mass is 10.2. The SMILES string of the molecule is Nc1ccncc1-c1cncn1Cc1ccc(Br)s1. The lowest BCUT2D eigenvalue weighted by molar-refractivity contribution is 0.817. The summed E-state index contributed by atoms with van der Waals surface area (Å²) >= 11 is 5.19. The first-order chi connectivity index (χ1) is 9.24. The molecule has 0 radical (unpaired) electrons. The highest BCUT2D eigenvalue weighted by atomic mass is 79.9. The zero-order valence-electron chi connectivity index (χ0n) is 9.95. The van der Waals surface area contributed by atoms with Crippen molar-refractivity contribution < 1.29 is 0 Å². The average molecular weight is 335 g/mol. The first kappa shape index (κ1) is 12.4. The minimum absolute atomic E-state index is 0.712. The van der Waals surface area contributed by atoms with Gasteiger partial charge in [0.25, 0.3) is 0 Å². The third kappa shape index (κ3) is 2.54. The van der Waals surface area contributed by atoms with Gasteiger partial charge in [0.1, 0.15) is 0 Å². The van der Waals surface area contributed by atoms with E-state index in [2.05, 4.69) is 42.6 Å². The van der Waals surface area contributed by atoms with Crippen LogP contribution in [0.25, 0.3) is 11.3 Å². The number of pyridine rings is 1. The summed E-state index contributed by atoms with van der Waals surface area (Å²) in [6.07, 6.45) is 7.09. The lowest BCUT2D eigenvalue weighted by Gasteiger charge is -2.08. The van der Waals surface area contributed by atoms with Crippen molar-refractivity contribution in [1.29, 1.82) is 0 Å². The first-order valence-electron chi connectivity index (χ1n) is 5.68. The van der Waals surface area contributed by atoms with Gasteiger partial charge in [-0.1, -0.05) is 0 Å². The molecule has 0 saturated carbocycles. The average Bonchev–Trinajstić information content (AvgIpc) is 3.00. The maximum atomic E-state index is 5.99. The third-order valence-corrected chi connectivity index (χ3v) is 4.41. The van der Waals surface area contributed by atoms with Crippen molar-refractivity contribution in [2.45, 2.75) is 6.54 Å². The van der Waals surface area contributed by atoms with Gasteiger partial charge < -0.3 is 10.3 Å². The van der Waals surface area contributed by atoms with Crippen molar-refractivity contribution in [2.24, 2.45) is 0 Å². The number of imidazole rings is 1. The molecular formula is C13H11BrN4S. The maximum Gasteiger partial charge on any atom is 0.0954 e. The zero-order valence-corrected chi connectivity index (χ0v) is 12.4. The summed E-state index contributed by atoms with van der Waals surface area (Å²) < 4.78 is 3.20. The van der Waals surface area contributed by atoms with E-state index in [-0.39, 0.29) is 0 Å². The van der Waals surface area contributed by atoms with Crippen LogP contribution in [0.3, 0.4) is 0 Å². The van der Waals surface area contributed by atoms with Gasteiger partial charge in [0.15, 0.2) is 0 Å². The van der Waals surface area contributed by atoms with Crippen molar-refractivity contribution in [3.8, 4) is 11.3 Å². The molecule has 3 rings (SSSR count). The highest BCUT2D eigenvalue weighted by Crippen LogP contribution is 2.27. The molecule has 4 nitrogen and oxygen atoms in total. The highest BCUT2D eigenvalue weighted by molar-refractivity contribution is 9.11. The minimum Gasteiger partial charge on any atom is -0.398 e. The van der Waals surface area contributed by atoms with E-state index in [1.54, 1.807) is 29.8 Å². The van der Waals surface area contributed by atoms with Crippen LogP contribution in [-0.4, -0.2) is 14.5 Å². The number of aromatic nitrogens is 3. The number of anilines is 1. The second-order valence-electron chi connectivity index (χ2n) is 4.08. The van der Waals surface area contributed by atoms with Gasteiger partial charge in [0.2, 0.25) is 0 Å². The Morgan fingerprint density at radius 1 is 1.21 bits per heavy atom. The van der Waals surface area contributed by atoms with Gasteiger partial charge in [-0.2, -0.15) is 0 Å². The molecule has 2 N–H and O–H groups in total. The van der Waals surface area contributed by atoms with Crippen molar-refractivity contribution >= 4 is 33.0 Å². The van der Waals surface area contributed by atoms with Crippen molar-refractivity contribution in [2.75, 3.05) is 5.73 Å². The number of nitrogens with two attached hydrogens (primary N) is 1. The summed E-state index contributed by atoms with van der Waals surface area (Å²) in [5.74, 6) is 0. The summed E-state index contributed by atoms with van der Waals surface area (Å²) in [5, 5.41) is 0. The number of nitrogens with zero attached hydrogens (tertiary/aromatic N) is 3. The third-order valence-electron chi connectivity index (χ3n) is 2.80. The van der Waals surface area contributed by atoms with Crippen LogP contribution in [0.5, 0.6) is 0 Å². The molecule has 0 aliphatic carbocycles. The fourth-order valence-electron chi connectivity index (χ4n) is 1.89. The predicted molar refractivity (Wildman–Crippen MR) is 81.0 cm³/mol. The van der Waals surface area contributed by atoms with E-state index < -0.39 is 0 Å². The van der Waals surface area contributed by atoms with Crippen LogP contribution >= 0.6 is 27.3 Å². The fourth-order valence-corrected chi connectivity index (χ4v) is 3.38. The highest BCUT2D eigenvalue weighted by Gasteiger charge is 2.09. The van der Waals surface area contributed by atoms with E-state index in [1.165, 1.54) is 4.88 Å². The fraction of sp³-hybridized carbons (Fsp3) is 0.0769. The van der Waals surface area contributed by atoms with Crippen molar-refractivity contribution in [3.05, 3.63) is 51.8 Å². The summed E-state index contributed by atoms with van der Waals surface area (Å²) in [5.41, 5.74) is 8.60. The van der Waals surface area contributed by atoms with E-state index in [4.69, 9.17) is 5.73 Å². The molecule has 0 aliphatic rings. The molecule has 3 aromatic heterocycles. The molecule has 19 heavy (non-hydrogen) atoms. The summed E-state index contributed by atoms with van der Waals surface area (Å²) in [6.45, 7) is 0.778. The molecule has 0 amide bonds. The Bertz CT molecular complexity index is 704. The molecule has 0 spiro atoms. The molecular weight excluding hydrogens is 324 g/mol. The van der Waals surface area contributed by atoms with E-state index in [0.717, 1.165) is 21.6 Å². The normalized spacial score (nSPS) is 10.8. The Morgan fingerprint density at radius 2 is 2.11 bits per heavy atom. The summed E-state index contributed by atoms with van der Waals surface area (Å²) in [7, 11) is 0. The van der Waals surface area contributed by atoms with Crippen LogP contribution in [0.1, 0.15) is 4.88 Å². The standard InChI is InChI=1S/C13H11BrN4S/c14-13-2-1-9(19-13)7-18-8-17-6-12(18)10-5-16-4-3-11(10)15/h1-6,8H,7H2,(H2,15,16). The van der Waals surface area contributed by atoms with Gasteiger partial charge in [0, 0.05) is 28.5 Å². The van der Waals surface area contributed by atoms with Gasteiger partial charge in [-0.15, -0.1) is 11.3 Å². The molecule has 0 saturated heterocycles. The van der Waals surface area contributed by atoms with E-state index in [1.807, 2.05) is 12.5 Å². The van der Waals surface area contributed by atoms with Gasteiger partial charge >= 0.3 is 0 Å². The molecule has 0 fully saturated rings. The molecule has 0 aromatic carbocycles. The number of hydrogen-bond acceptors (Lipinski definition) is 4. The lowest BCUT2D eigenvalue weighted by Crippen LogP contribution is -2.00. The molecule has 0 aliphatic heterocycles. The molecule has 6 heteroatoms. The van der Waals surface area contributed by atoms with Crippen LogP contribution in [0.15, 0.2) is 46.9 Å². The minimum atomic E-state index is 0.712. The Morgan fingerprint density at radius 3 is 2.84 bits per heavy atom. The first-order valence-corrected chi connectivity index (χ1v) is 7.29. The smallest absolute Gasteiger partial charge is 0.0954 e. The summed E-state index contributed by atoms with van der Waals surface area (Å²) in [4.78, 5) is 9.60. The van der Waals surface area contributed by atoms with Gasteiger partial charge in [-0.05, 0) is 34.1 Å². The largest absolute Gasteiger partial charge is 0.398 e. The Kier molecular flexibility index (Phi) is 3.35. The van der Waals surface area contributed by atoms with Gasteiger partial charge in [0.05, 0.1) is 28.5 Å². The van der Waals surface area contributed by atoms with Crippen LogP contribution in [-0.2, 0) is 6.54 Å². The topological polar surface area (TPSA) is 56.7 Å². The Labute approximate surface area is 123 Å². The van der Waals surface area contributed by atoms with E-state index in [0.29, 0.717) is 5.69 Å². The zero-order chi connectivity index (χ0) is 13.2. The monoisotopic (exact) mass is 334 g/mol. The number of rotatable bonds is 3. The molecule has 3 heterocycles. The second kappa shape index (κ2) is 5.14. The number of thiophene rings is 1. The molecule has 96 valence electrons. The molecule has 0 bridgehead atoms. The molecule has 0 unspecified atom stereocenters. The number of hydrogen-bond donors (Lipinski definition) is 1. The molecule has 3 aromatic rings. The van der Waals surface area contributed by atoms with Crippen LogP contribution in [0, 0.1) is 0 Å². The number of halogens is 1. The van der Waals surface area contributed by atoms with E-state index >= 15 is 0 Å². The quantitative estimate of drug-likeness (QED) is 0.798. The second-order valence-corrected chi connectivity index (χ2v) is 6.62. The Balaban J connectivity index is 1.97. The maximum absolute atomic E-state index is 5.99. The molecule has 0 atom stereocenters. The van der Waals surface area contributed by atoms with Crippen LogP contribution in [0.4, 0.5) is 5.69 Å². The van der Waals surface area contributed by atoms with Crippen LogP contribution in [0.2, 0.25) is 0 Å². The number of nitrogen functional groups attached to an aromatic ring is 1. The van der Waals surface area contributed by atoms with Gasteiger partial charge in [-0.3, -0.25) is 4.98 Å². The van der Waals surface area contributed by atoms with E-state index in [9.17, 15) is 0 Å². The summed E-state index contributed by atoms with van der Waals surface area (Å²) in [6, 6.07) is 5.95.